The van der Waals surface area contributed by atoms with Crippen LogP contribution in [0.1, 0.15) is 15.9 Å². The number of aliphatic hydroxyl groups is 1. The lowest BCUT2D eigenvalue weighted by Gasteiger charge is -2.32. The van der Waals surface area contributed by atoms with Gasteiger partial charge in [-0.3, -0.25) is 4.79 Å². The molecule has 0 radical (unpaired) electrons. The Hall–Kier alpha value is -2.33. The molecule has 2 aromatic carbocycles. The Morgan fingerprint density at radius 3 is 1.89 bits per heavy atom. The molecular weight excluding hydrogens is 407 g/mol. The summed E-state index contributed by atoms with van der Waals surface area (Å²) in [5, 5.41) is 11.2. The van der Waals surface area contributed by atoms with Crippen molar-refractivity contribution in [3.8, 4) is 0 Å². The molecule has 0 fully saturated rings. The van der Waals surface area contributed by atoms with Crippen molar-refractivity contribution in [1.82, 2.24) is 0 Å². The second-order valence-electron chi connectivity index (χ2n) is 5.36. The van der Waals surface area contributed by atoms with Gasteiger partial charge in [-0.1, -0.05) is 23.7 Å². The number of carbonyl (C=O) groups excluding carboxylic acids is 1. The van der Waals surface area contributed by atoms with E-state index in [1.54, 1.807) is 0 Å². The number of nitrogens with one attached hydrogen (secondary N) is 1. The lowest BCUT2D eigenvalue weighted by Crippen LogP contribution is -2.53. The number of rotatable bonds is 3. The molecule has 1 amide bonds. The zero-order chi connectivity index (χ0) is 20.6. The number of amides is 1. The Morgan fingerprint density at radius 1 is 0.926 bits per heavy atom. The molecule has 146 valence electrons. The maximum atomic E-state index is 13.0. The minimum Gasteiger partial charge on any atom is -0.369 e. The number of hydrogen-bond donors (Lipinski definition) is 2. The molecule has 0 heterocycles. The summed E-state index contributed by atoms with van der Waals surface area (Å²) >= 11 is 5.69. The lowest BCUT2D eigenvalue weighted by atomic mass is 9.92. The third-order valence-electron chi connectivity index (χ3n) is 3.56. The summed E-state index contributed by atoms with van der Waals surface area (Å²) < 4.78 is 89.8. The highest BCUT2D eigenvalue weighted by atomic mass is 35.5. The fourth-order valence-electron chi connectivity index (χ4n) is 2.15. The van der Waals surface area contributed by atoms with E-state index >= 15 is 0 Å². The van der Waals surface area contributed by atoms with Gasteiger partial charge in [-0.2, -0.15) is 26.3 Å². The zero-order valence-corrected chi connectivity index (χ0v) is 13.7. The number of carbonyl (C=O) groups is 1. The first kappa shape index (κ1) is 21.0. The van der Waals surface area contributed by atoms with E-state index in [2.05, 4.69) is 5.32 Å². The Kier molecular flexibility index (Phi) is 5.44. The number of alkyl halides is 6. The number of anilines is 1. The van der Waals surface area contributed by atoms with Gasteiger partial charge in [0.25, 0.3) is 11.5 Å². The van der Waals surface area contributed by atoms with Crippen LogP contribution < -0.4 is 5.32 Å². The lowest BCUT2D eigenvalue weighted by molar-refractivity contribution is -0.376. The van der Waals surface area contributed by atoms with Crippen molar-refractivity contribution in [3.05, 3.63) is 64.4 Å². The van der Waals surface area contributed by atoms with Crippen molar-refractivity contribution in [2.24, 2.45) is 0 Å². The first-order valence-electron chi connectivity index (χ1n) is 7.00. The minimum absolute atomic E-state index is 0.163. The standard InChI is InChI=1S/C16H9ClF7NO2/c17-12-7-9(18)3-6-11(12)13(26)25-10-4-1-8(2-5-10)14(27,15(19,20)21)16(22,23)24/h1-7,27H,(H,25,26). The van der Waals surface area contributed by atoms with E-state index < -0.39 is 35.2 Å². The number of benzene rings is 2. The van der Waals surface area contributed by atoms with Gasteiger partial charge in [0.05, 0.1) is 10.6 Å². The van der Waals surface area contributed by atoms with Crippen molar-refractivity contribution in [1.29, 1.82) is 0 Å². The van der Waals surface area contributed by atoms with E-state index in [4.69, 9.17) is 11.6 Å². The molecule has 2 N–H and O–H groups in total. The highest BCUT2D eigenvalue weighted by Crippen LogP contribution is 2.50. The second kappa shape index (κ2) is 7.01. The monoisotopic (exact) mass is 415 g/mol. The van der Waals surface area contributed by atoms with Crippen LogP contribution in [-0.2, 0) is 5.60 Å². The molecule has 0 saturated carbocycles. The second-order valence-corrected chi connectivity index (χ2v) is 5.77. The molecule has 0 aliphatic heterocycles. The van der Waals surface area contributed by atoms with Crippen molar-refractivity contribution in [3.63, 3.8) is 0 Å². The minimum atomic E-state index is -6.02. The third-order valence-corrected chi connectivity index (χ3v) is 3.87. The van der Waals surface area contributed by atoms with Gasteiger partial charge in [0.1, 0.15) is 5.82 Å². The van der Waals surface area contributed by atoms with Crippen molar-refractivity contribution in [2.75, 3.05) is 5.32 Å². The maximum absolute atomic E-state index is 13.0. The summed E-state index contributed by atoms with van der Waals surface area (Å²) in [6, 6.07) is 5.09. The quantitative estimate of drug-likeness (QED) is 0.690. The van der Waals surface area contributed by atoms with Crippen LogP contribution in [0.5, 0.6) is 0 Å². The van der Waals surface area contributed by atoms with Crippen LogP contribution in [0.15, 0.2) is 42.5 Å². The zero-order valence-electron chi connectivity index (χ0n) is 12.9. The van der Waals surface area contributed by atoms with Crippen LogP contribution >= 0.6 is 11.6 Å². The summed E-state index contributed by atoms with van der Waals surface area (Å²) in [5.41, 5.74) is -6.87. The van der Waals surface area contributed by atoms with Gasteiger partial charge in [0.2, 0.25) is 0 Å². The Balaban J connectivity index is 2.30. The number of hydrogen-bond acceptors (Lipinski definition) is 2. The molecule has 0 aliphatic rings. The van der Waals surface area contributed by atoms with Crippen molar-refractivity contribution in [2.45, 2.75) is 18.0 Å². The Bertz CT molecular complexity index is 833. The third kappa shape index (κ3) is 4.01. The van der Waals surface area contributed by atoms with E-state index in [1.807, 2.05) is 0 Å². The average molecular weight is 416 g/mol. The van der Waals surface area contributed by atoms with Crippen LogP contribution in [0.2, 0.25) is 5.02 Å². The summed E-state index contributed by atoms with van der Waals surface area (Å²) in [6.07, 6.45) is -12.0. The topological polar surface area (TPSA) is 49.3 Å². The van der Waals surface area contributed by atoms with Crippen LogP contribution in [0.25, 0.3) is 0 Å². The molecule has 2 rings (SSSR count). The summed E-state index contributed by atoms with van der Waals surface area (Å²) in [5.74, 6) is -1.57. The molecule has 11 heteroatoms. The van der Waals surface area contributed by atoms with Crippen LogP contribution in [0, 0.1) is 5.82 Å². The average Bonchev–Trinajstić information content (AvgIpc) is 2.52. The molecule has 0 aliphatic carbocycles. The van der Waals surface area contributed by atoms with E-state index in [0.29, 0.717) is 12.1 Å². The van der Waals surface area contributed by atoms with Gasteiger partial charge < -0.3 is 10.4 Å². The van der Waals surface area contributed by atoms with Gasteiger partial charge in [-0.25, -0.2) is 4.39 Å². The van der Waals surface area contributed by atoms with Crippen molar-refractivity contribution < 1.29 is 40.6 Å². The largest absolute Gasteiger partial charge is 0.430 e. The Morgan fingerprint density at radius 2 is 1.44 bits per heavy atom. The highest BCUT2D eigenvalue weighted by Gasteiger charge is 2.71. The van der Waals surface area contributed by atoms with E-state index in [9.17, 15) is 40.6 Å². The van der Waals surface area contributed by atoms with Crippen LogP contribution in [-0.4, -0.2) is 23.4 Å². The summed E-state index contributed by atoms with van der Waals surface area (Å²) in [4.78, 5) is 12.0. The fraction of sp³-hybridized carbons (Fsp3) is 0.188. The van der Waals surface area contributed by atoms with Crippen LogP contribution in [0.4, 0.5) is 36.4 Å². The first-order chi connectivity index (χ1) is 12.3. The highest BCUT2D eigenvalue weighted by molar-refractivity contribution is 6.34. The van der Waals surface area contributed by atoms with Crippen molar-refractivity contribution >= 4 is 23.2 Å². The molecule has 0 aromatic heterocycles. The maximum Gasteiger partial charge on any atom is 0.430 e. The molecule has 3 nitrogen and oxygen atoms in total. The van der Waals surface area contributed by atoms with Gasteiger partial charge in [0.15, 0.2) is 0 Å². The fourth-order valence-corrected chi connectivity index (χ4v) is 2.41. The van der Waals surface area contributed by atoms with Gasteiger partial charge in [0, 0.05) is 11.3 Å². The predicted molar refractivity (Wildman–Crippen MR) is 81.8 cm³/mol. The van der Waals surface area contributed by atoms with E-state index in [-0.39, 0.29) is 16.3 Å². The Labute approximate surface area is 152 Å². The predicted octanol–water partition coefficient (Wildman–Crippen LogP) is 5.04. The normalized spacial score (nSPS) is 12.8. The molecular formula is C16H9ClF7NO2. The van der Waals surface area contributed by atoms with E-state index in [1.165, 1.54) is 0 Å². The molecule has 2 aromatic rings. The molecule has 0 bridgehead atoms. The molecule has 0 saturated heterocycles. The van der Waals surface area contributed by atoms with Crippen LogP contribution in [0.3, 0.4) is 0 Å². The molecule has 27 heavy (non-hydrogen) atoms. The van der Waals surface area contributed by atoms with Gasteiger partial charge in [-0.15, -0.1) is 0 Å². The molecule has 0 spiro atoms. The van der Waals surface area contributed by atoms with Gasteiger partial charge >= 0.3 is 12.4 Å². The molecule has 0 atom stereocenters. The first-order valence-corrected chi connectivity index (χ1v) is 7.38. The van der Waals surface area contributed by atoms with Gasteiger partial charge in [-0.05, 0) is 30.3 Å². The smallest absolute Gasteiger partial charge is 0.369 e. The summed E-state index contributed by atoms with van der Waals surface area (Å²) in [6.45, 7) is 0. The summed E-state index contributed by atoms with van der Waals surface area (Å²) in [7, 11) is 0. The molecule has 0 unspecified atom stereocenters. The SMILES string of the molecule is O=C(Nc1ccc(C(O)(C(F)(F)F)C(F)(F)F)cc1)c1ccc(F)cc1Cl. The van der Waals surface area contributed by atoms with E-state index in [0.717, 1.165) is 30.3 Å². The number of halogens is 8.